The van der Waals surface area contributed by atoms with E-state index >= 15 is 4.39 Å². The van der Waals surface area contributed by atoms with Crippen LogP contribution < -0.4 is 0 Å². The third-order valence-corrected chi connectivity index (χ3v) is 7.31. The molecule has 0 amide bonds. The minimum Gasteiger partial charge on any atom is -0.378 e. The maximum absolute atomic E-state index is 15.1. The first-order chi connectivity index (χ1) is 15.9. The molecule has 0 N–H and O–H groups in total. The van der Waals surface area contributed by atoms with Gasteiger partial charge < -0.3 is 4.74 Å². The maximum Gasteiger partial charge on any atom is 0.167 e. The fraction of sp³-hybridized carbons (Fsp3) is 0.571. The van der Waals surface area contributed by atoms with Crippen LogP contribution in [0.25, 0.3) is 11.1 Å². The van der Waals surface area contributed by atoms with Crippen molar-refractivity contribution in [3.63, 3.8) is 0 Å². The van der Waals surface area contributed by atoms with E-state index in [1.54, 1.807) is 12.1 Å². The van der Waals surface area contributed by atoms with Gasteiger partial charge >= 0.3 is 0 Å². The van der Waals surface area contributed by atoms with Crippen LogP contribution in [0.4, 0.5) is 17.6 Å². The number of aryl methyl sites for hydroxylation is 2. The molecule has 1 heterocycles. The van der Waals surface area contributed by atoms with E-state index in [0.29, 0.717) is 53.9 Å². The van der Waals surface area contributed by atoms with Crippen LogP contribution in [-0.2, 0) is 24.0 Å². The number of fused-ring (bicyclic) bond motifs is 3. The molecule has 1 saturated heterocycles. The molecule has 0 saturated carbocycles. The highest BCUT2D eigenvalue weighted by molar-refractivity contribution is 5.79. The molecule has 1 aliphatic heterocycles. The molecule has 2 aromatic carbocycles. The maximum atomic E-state index is 15.1. The lowest BCUT2D eigenvalue weighted by Crippen LogP contribution is -2.26. The Kier molecular flexibility index (Phi) is 7.78. The lowest BCUT2D eigenvalue weighted by Gasteiger charge is -2.29. The van der Waals surface area contributed by atoms with Crippen molar-refractivity contribution in [2.24, 2.45) is 5.92 Å². The van der Waals surface area contributed by atoms with Gasteiger partial charge in [0.15, 0.2) is 23.3 Å². The summed E-state index contributed by atoms with van der Waals surface area (Å²) in [4.78, 5) is 0. The molecule has 2 aliphatic rings. The average molecular weight is 463 g/mol. The molecule has 0 aromatic heterocycles. The van der Waals surface area contributed by atoms with Gasteiger partial charge in [-0.15, -0.1) is 0 Å². The number of hydrogen-bond acceptors (Lipinski definition) is 1. The Labute approximate surface area is 194 Å². The molecule has 0 spiro atoms. The number of hydrogen-bond donors (Lipinski definition) is 0. The van der Waals surface area contributed by atoms with E-state index in [4.69, 9.17) is 4.74 Å². The fourth-order valence-electron chi connectivity index (χ4n) is 5.47. The number of rotatable bonds is 9. The first-order valence-corrected chi connectivity index (χ1v) is 12.6. The van der Waals surface area contributed by atoms with E-state index in [2.05, 4.69) is 13.8 Å². The van der Waals surface area contributed by atoms with Crippen LogP contribution in [-0.4, -0.2) is 12.7 Å². The Morgan fingerprint density at radius 3 is 1.94 bits per heavy atom. The van der Waals surface area contributed by atoms with E-state index in [1.165, 1.54) is 0 Å². The minimum atomic E-state index is -1.06. The van der Waals surface area contributed by atoms with Crippen molar-refractivity contribution in [3.05, 3.63) is 57.7 Å². The molecule has 0 radical (unpaired) electrons. The Bertz CT molecular complexity index is 992. The molecule has 33 heavy (non-hydrogen) atoms. The van der Waals surface area contributed by atoms with Crippen LogP contribution in [0, 0.1) is 29.2 Å². The third kappa shape index (κ3) is 4.99. The lowest BCUT2D eigenvalue weighted by atomic mass is 9.91. The van der Waals surface area contributed by atoms with Crippen molar-refractivity contribution < 1.29 is 22.3 Å². The molecule has 0 bridgehead atoms. The van der Waals surface area contributed by atoms with Crippen molar-refractivity contribution in [3.8, 4) is 11.1 Å². The Hall–Kier alpha value is -1.88. The molecular formula is C28H34F4O. The Balaban J connectivity index is 1.52. The van der Waals surface area contributed by atoms with E-state index in [1.807, 2.05) is 0 Å². The normalized spacial score (nSPS) is 19.6. The molecule has 180 valence electrons. The second-order valence-electron chi connectivity index (χ2n) is 9.76. The summed E-state index contributed by atoms with van der Waals surface area (Å²) < 4.78 is 65.7. The van der Waals surface area contributed by atoms with Crippen LogP contribution >= 0.6 is 0 Å². The summed E-state index contributed by atoms with van der Waals surface area (Å²) in [5.41, 5.74) is 1.48. The Morgan fingerprint density at radius 1 is 0.758 bits per heavy atom. The quantitative estimate of drug-likeness (QED) is 0.231. The minimum absolute atomic E-state index is 0.0586. The summed E-state index contributed by atoms with van der Waals surface area (Å²) in [7, 11) is 0. The van der Waals surface area contributed by atoms with Gasteiger partial charge in [-0.25, -0.2) is 17.6 Å². The standard InChI is InChI=1S/C28H34F4O/c1-3-5-6-8-18-13-20-15-21-14-19(10-12-22-11-9-17(7-4-2)16-33-22)26(30)28(32)24(21)23(20)27(31)25(18)29/h13-14,17,22H,3-12,15-16H2,1-2H3. The van der Waals surface area contributed by atoms with Gasteiger partial charge in [0.25, 0.3) is 0 Å². The second kappa shape index (κ2) is 10.6. The van der Waals surface area contributed by atoms with Gasteiger partial charge in [-0.2, -0.15) is 0 Å². The topological polar surface area (TPSA) is 9.23 Å². The summed E-state index contributed by atoms with van der Waals surface area (Å²) in [5, 5.41) is 0. The lowest BCUT2D eigenvalue weighted by molar-refractivity contribution is -0.0216. The van der Waals surface area contributed by atoms with Crippen molar-refractivity contribution in [1.82, 2.24) is 0 Å². The largest absolute Gasteiger partial charge is 0.378 e. The zero-order valence-corrected chi connectivity index (χ0v) is 19.7. The SMILES string of the molecule is CCCCCc1cc2c(c(F)c1F)-c1c(cc(CCC3CCC(CCC)CO3)c(F)c1F)C2. The summed E-state index contributed by atoms with van der Waals surface area (Å²) in [6.45, 7) is 4.96. The summed E-state index contributed by atoms with van der Waals surface area (Å²) in [6.07, 6.45) is 8.85. The number of halogens is 4. The van der Waals surface area contributed by atoms with Gasteiger partial charge in [-0.1, -0.05) is 45.2 Å². The van der Waals surface area contributed by atoms with Gasteiger partial charge in [0.05, 0.1) is 6.10 Å². The monoisotopic (exact) mass is 462 g/mol. The van der Waals surface area contributed by atoms with Crippen molar-refractivity contribution >= 4 is 0 Å². The summed E-state index contributed by atoms with van der Waals surface area (Å²) in [5.74, 6) is -3.40. The molecule has 2 atom stereocenters. The summed E-state index contributed by atoms with van der Waals surface area (Å²) in [6, 6.07) is 3.29. The van der Waals surface area contributed by atoms with Crippen LogP contribution in [0.15, 0.2) is 12.1 Å². The van der Waals surface area contributed by atoms with Crippen molar-refractivity contribution in [1.29, 1.82) is 0 Å². The zero-order chi connectivity index (χ0) is 23.5. The summed E-state index contributed by atoms with van der Waals surface area (Å²) >= 11 is 0. The molecule has 5 heteroatoms. The average Bonchev–Trinajstić information content (AvgIpc) is 3.18. The van der Waals surface area contributed by atoms with Gasteiger partial charge in [0.1, 0.15) is 0 Å². The smallest absolute Gasteiger partial charge is 0.167 e. The van der Waals surface area contributed by atoms with Crippen LogP contribution in [0.3, 0.4) is 0 Å². The van der Waals surface area contributed by atoms with Crippen molar-refractivity contribution in [2.75, 3.05) is 6.61 Å². The number of unbranched alkanes of at least 4 members (excludes halogenated alkanes) is 2. The van der Waals surface area contributed by atoms with Crippen LogP contribution in [0.5, 0.6) is 0 Å². The highest BCUT2D eigenvalue weighted by Gasteiger charge is 2.32. The second-order valence-corrected chi connectivity index (χ2v) is 9.76. The van der Waals surface area contributed by atoms with E-state index in [9.17, 15) is 13.2 Å². The van der Waals surface area contributed by atoms with Gasteiger partial charge in [-0.3, -0.25) is 0 Å². The van der Waals surface area contributed by atoms with Gasteiger partial charge in [-0.05, 0) is 79.5 Å². The van der Waals surface area contributed by atoms with E-state index in [0.717, 1.165) is 51.6 Å². The highest BCUT2D eigenvalue weighted by atomic mass is 19.2. The predicted molar refractivity (Wildman–Crippen MR) is 123 cm³/mol. The Morgan fingerprint density at radius 2 is 1.39 bits per heavy atom. The first kappa shape index (κ1) is 24.3. The molecule has 2 unspecified atom stereocenters. The van der Waals surface area contributed by atoms with Gasteiger partial charge in [0, 0.05) is 17.7 Å². The molecule has 1 aliphatic carbocycles. The third-order valence-electron chi connectivity index (χ3n) is 7.31. The van der Waals surface area contributed by atoms with Crippen LogP contribution in [0.1, 0.15) is 87.5 Å². The van der Waals surface area contributed by atoms with Crippen LogP contribution in [0.2, 0.25) is 0 Å². The first-order valence-electron chi connectivity index (χ1n) is 12.6. The molecule has 2 aromatic rings. The van der Waals surface area contributed by atoms with E-state index in [-0.39, 0.29) is 17.2 Å². The fourth-order valence-corrected chi connectivity index (χ4v) is 5.47. The molecular weight excluding hydrogens is 428 g/mol. The van der Waals surface area contributed by atoms with Gasteiger partial charge in [0.2, 0.25) is 0 Å². The highest BCUT2D eigenvalue weighted by Crippen LogP contribution is 2.43. The number of ether oxygens (including phenoxy) is 1. The molecule has 1 nitrogen and oxygen atoms in total. The number of benzene rings is 2. The molecule has 4 rings (SSSR count). The zero-order valence-electron chi connectivity index (χ0n) is 19.7. The molecule has 1 fully saturated rings. The predicted octanol–water partition coefficient (Wildman–Crippen LogP) is 8.07. The van der Waals surface area contributed by atoms with E-state index < -0.39 is 23.3 Å². The van der Waals surface area contributed by atoms with Crippen molar-refractivity contribution in [2.45, 2.75) is 90.6 Å².